The molecule has 0 spiro atoms. The number of carbonyl (C=O) groups excluding carboxylic acids is 1. The second-order valence-corrected chi connectivity index (χ2v) is 4.63. The molecule has 0 bridgehead atoms. The average molecular weight is 238 g/mol. The second-order valence-electron chi connectivity index (χ2n) is 4.63. The fraction of sp³-hybridized carbons (Fsp3) is 0.636. The summed E-state index contributed by atoms with van der Waals surface area (Å²) in [5.41, 5.74) is 6.09. The molecule has 2 rings (SSSR count). The topological polar surface area (TPSA) is 93.0 Å². The van der Waals surface area contributed by atoms with Gasteiger partial charge in [-0.2, -0.15) is 5.10 Å². The van der Waals surface area contributed by atoms with Crippen molar-refractivity contribution in [2.75, 3.05) is 26.0 Å². The van der Waals surface area contributed by atoms with Gasteiger partial charge in [0, 0.05) is 26.3 Å². The Labute approximate surface area is 99.9 Å². The molecule has 4 N–H and O–H groups in total. The van der Waals surface area contributed by atoms with E-state index in [1.54, 1.807) is 7.11 Å². The first-order valence-corrected chi connectivity index (χ1v) is 5.73. The van der Waals surface area contributed by atoms with E-state index in [4.69, 9.17) is 10.5 Å². The van der Waals surface area contributed by atoms with Crippen LogP contribution < -0.4 is 11.1 Å². The number of amides is 1. The zero-order chi connectivity index (χ0) is 12.3. The van der Waals surface area contributed by atoms with Crippen LogP contribution in [0.5, 0.6) is 0 Å². The average Bonchev–Trinajstić information content (AvgIpc) is 2.97. The Bertz CT molecular complexity index is 398. The number of nitrogens with zero attached hydrogens (tertiary/aromatic N) is 1. The molecular weight excluding hydrogens is 220 g/mol. The van der Waals surface area contributed by atoms with E-state index < -0.39 is 0 Å². The highest BCUT2D eigenvalue weighted by molar-refractivity contribution is 5.92. The molecule has 1 aliphatic rings. The number of aromatic nitrogens is 2. The Morgan fingerprint density at radius 1 is 1.71 bits per heavy atom. The molecule has 1 aromatic heterocycles. The number of nitrogens with one attached hydrogen (secondary N) is 2. The van der Waals surface area contributed by atoms with Crippen LogP contribution in [0.3, 0.4) is 0 Å². The van der Waals surface area contributed by atoms with Crippen LogP contribution in [0.1, 0.15) is 29.8 Å². The molecule has 0 aromatic carbocycles. The molecule has 0 aliphatic heterocycles. The fourth-order valence-corrected chi connectivity index (χ4v) is 1.83. The number of ether oxygens (including phenoxy) is 1. The van der Waals surface area contributed by atoms with Crippen LogP contribution in [-0.2, 0) is 4.74 Å². The number of H-pyrrole nitrogens is 1. The third-order valence-corrected chi connectivity index (χ3v) is 3.26. The molecule has 1 saturated carbocycles. The van der Waals surface area contributed by atoms with Gasteiger partial charge >= 0.3 is 0 Å². The minimum absolute atomic E-state index is 0.155. The Morgan fingerprint density at radius 3 is 3.00 bits per heavy atom. The van der Waals surface area contributed by atoms with Gasteiger partial charge in [-0.15, -0.1) is 0 Å². The van der Waals surface area contributed by atoms with Crippen LogP contribution in [0.25, 0.3) is 0 Å². The third-order valence-electron chi connectivity index (χ3n) is 3.26. The summed E-state index contributed by atoms with van der Waals surface area (Å²) < 4.78 is 5.07. The number of anilines is 1. The lowest BCUT2D eigenvalue weighted by Crippen LogP contribution is -2.31. The second kappa shape index (κ2) is 4.75. The minimum Gasteiger partial charge on any atom is -0.385 e. The van der Waals surface area contributed by atoms with Crippen LogP contribution in [-0.4, -0.2) is 36.4 Å². The van der Waals surface area contributed by atoms with E-state index in [0.717, 1.165) is 25.9 Å². The van der Waals surface area contributed by atoms with Gasteiger partial charge in [0.25, 0.3) is 5.91 Å². The van der Waals surface area contributed by atoms with Gasteiger partial charge in [-0.25, -0.2) is 0 Å². The molecule has 6 heteroatoms. The van der Waals surface area contributed by atoms with E-state index in [9.17, 15) is 4.79 Å². The number of methoxy groups -OCH3 is 1. The normalized spacial score (nSPS) is 16.8. The SMILES string of the molecule is COCCC1(CNC(=O)c2cc(N)n[nH]2)CC1. The van der Waals surface area contributed by atoms with Gasteiger partial charge in [-0.05, 0) is 24.7 Å². The number of carbonyl (C=O) groups is 1. The highest BCUT2D eigenvalue weighted by Gasteiger charge is 2.42. The fourth-order valence-electron chi connectivity index (χ4n) is 1.83. The van der Waals surface area contributed by atoms with Crippen LogP contribution in [0, 0.1) is 5.41 Å². The predicted molar refractivity (Wildman–Crippen MR) is 63.5 cm³/mol. The summed E-state index contributed by atoms with van der Waals surface area (Å²) >= 11 is 0. The number of aromatic amines is 1. The number of nitrogens with two attached hydrogens (primary N) is 1. The standard InChI is InChI=1S/C11H18N4O2/c1-17-5-4-11(2-3-11)7-13-10(16)8-6-9(12)15-14-8/h6H,2-5,7H2,1H3,(H,13,16)(H3,12,14,15). The molecule has 0 saturated heterocycles. The van der Waals surface area contributed by atoms with Crippen molar-refractivity contribution in [3.8, 4) is 0 Å². The van der Waals surface area contributed by atoms with Crippen molar-refractivity contribution < 1.29 is 9.53 Å². The molecule has 17 heavy (non-hydrogen) atoms. The van der Waals surface area contributed by atoms with Crippen molar-refractivity contribution in [2.45, 2.75) is 19.3 Å². The lowest BCUT2D eigenvalue weighted by molar-refractivity contribution is 0.0933. The van der Waals surface area contributed by atoms with E-state index in [0.29, 0.717) is 18.1 Å². The largest absolute Gasteiger partial charge is 0.385 e. The van der Waals surface area contributed by atoms with Crippen molar-refractivity contribution in [2.24, 2.45) is 5.41 Å². The summed E-state index contributed by atoms with van der Waals surface area (Å²) in [4.78, 5) is 11.7. The van der Waals surface area contributed by atoms with Gasteiger partial charge in [0.1, 0.15) is 11.5 Å². The Kier molecular flexibility index (Phi) is 3.33. The summed E-state index contributed by atoms with van der Waals surface area (Å²) in [5, 5.41) is 9.22. The molecule has 1 fully saturated rings. The number of hydrogen-bond acceptors (Lipinski definition) is 4. The maximum Gasteiger partial charge on any atom is 0.269 e. The van der Waals surface area contributed by atoms with Crippen molar-refractivity contribution in [1.82, 2.24) is 15.5 Å². The van der Waals surface area contributed by atoms with E-state index in [1.165, 1.54) is 6.07 Å². The van der Waals surface area contributed by atoms with Gasteiger partial charge in [0.05, 0.1) is 0 Å². The van der Waals surface area contributed by atoms with Gasteiger partial charge in [0.15, 0.2) is 0 Å². The first-order valence-electron chi connectivity index (χ1n) is 5.73. The van der Waals surface area contributed by atoms with Gasteiger partial charge in [-0.3, -0.25) is 9.89 Å². The first-order chi connectivity index (χ1) is 8.15. The first kappa shape index (κ1) is 11.9. The molecule has 0 radical (unpaired) electrons. The monoisotopic (exact) mass is 238 g/mol. The highest BCUT2D eigenvalue weighted by atomic mass is 16.5. The van der Waals surface area contributed by atoms with Crippen LogP contribution in [0.15, 0.2) is 6.07 Å². The van der Waals surface area contributed by atoms with Crippen molar-refractivity contribution in [3.05, 3.63) is 11.8 Å². The lowest BCUT2D eigenvalue weighted by atomic mass is 10.0. The molecule has 0 atom stereocenters. The van der Waals surface area contributed by atoms with Crippen LogP contribution in [0.2, 0.25) is 0 Å². The van der Waals surface area contributed by atoms with Gasteiger partial charge in [0.2, 0.25) is 0 Å². The Morgan fingerprint density at radius 2 is 2.47 bits per heavy atom. The summed E-state index contributed by atoms with van der Waals surface area (Å²) in [5.74, 6) is 0.175. The number of hydrogen-bond donors (Lipinski definition) is 3. The molecule has 1 heterocycles. The Balaban J connectivity index is 1.80. The minimum atomic E-state index is -0.155. The lowest BCUT2D eigenvalue weighted by Gasteiger charge is -2.14. The third kappa shape index (κ3) is 2.97. The summed E-state index contributed by atoms with van der Waals surface area (Å²) in [7, 11) is 1.70. The van der Waals surface area contributed by atoms with E-state index >= 15 is 0 Å². The molecule has 6 nitrogen and oxygen atoms in total. The van der Waals surface area contributed by atoms with Gasteiger partial charge in [-0.1, -0.05) is 0 Å². The van der Waals surface area contributed by atoms with Crippen molar-refractivity contribution in [1.29, 1.82) is 0 Å². The van der Waals surface area contributed by atoms with Crippen LogP contribution >= 0.6 is 0 Å². The highest BCUT2D eigenvalue weighted by Crippen LogP contribution is 2.48. The van der Waals surface area contributed by atoms with Crippen molar-refractivity contribution >= 4 is 11.7 Å². The summed E-state index contributed by atoms with van der Waals surface area (Å²) in [6.45, 7) is 1.43. The number of nitrogen functional groups attached to an aromatic ring is 1. The van der Waals surface area contributed by atoms with Crippen molar-refractivity contribution in [3.63, 3.8) is 0 Å². The Hall–Kier alpha value is -1.56. The zero-order valence-corrected chi connectivity index (χ0v) is 9.95. The van der Waals surface area contributed by atoms with E-state index in [1.807, 2.05) is 0 Å². The number of rotatable bonds is 6. The van der Waals surface area contributed by atoms with E-state index in [-0.39, 0.29) is 11.3 Å². The van der Waals surface area contributed by atoms with E-state index in [2.05, 4.69) is 15.5 Å². The molecular formula is C11H18N4O2. The van der Waals surface area contributed by atoms with Gasteiger partial charge < -0.3 is 15.8 Å². The molecule has 0 unspecified atom stereocenters. The smallest absolute Gasteiger partial charge is 0.269 e. The zero-order valence-electron chi connectivity index (χ0n) is 9.95. The van der Waals surface area contributed by atoms with Crippen LogP contribution in [0.4, 0.5) is 5.82 Å². The molecule has 1 aromatic rings. The maximum atomic E-state index is 11.7. The quantitative estimate of drug-likeness (QED) is 0.674. The maximum absolute atomic E-state index is 11.7. The predicted octanol–water partition coefficient (Wildman–Crippen LogP) is 0.538. The molecule has 1 aliphatic carbocycles. The molecule has 1 amide bonds. The summed E-state index contributed by atoms with van der Waals surface area (Å²) in [6, 6.07) is 1.53. The molecule has 94 valence electrons. The summed E-state index contributed by atoms with van der Waals surface area (Å²) in [6.07, 6.45) is 3.30.